The molecule has 0 aromatic heterocycles. The quantitative estimate of drug-likeness (QED) is 0.823. The van der Waals surface area contributed by atoms with Gasteiger partial charge in [0, 0.05) is 6.54 Å². The fourth-order valence-corrected chi connectivity index (χ4v) is 2.40. The number of likely N-dealkylation sites (tertiary alicyclic amines) is 1. The lowest BCUT2D eigenvalue weighted by molar-refractivity contribution is -0.117. The third-order valence-electron chi connectivity index (χ3n) is 3.41. The number of nitrogens with zero attached hydrogens (tertiary/aromatic N) is 1. The first-order chi connectivity index (χ1) is 8.85. The maximum Gasteiger partial charge on any atom is 0.238 e. The molecule has 1 amide bonds. The summed E-state index contributed by atoms with van der Waals surface area (Å²) in [6.07, 6.45) is 1.10. The van der Waals surface area contributed by atoms with Crippen molar-refractivity contribution in [1.82, 2.24) is 4.90 Å². The van der Waals surface area contributed by atoms with Gasteiger partial charge in [0.15, 0.2) is 0 Å². The summed E-state index contributed by atoms with van der Waals surface area (Å²) in [7, 11) is 0. The summed E-state index contributed by atoms with van der Waals surface area (Å²) in [5.41, 5.74) is 6.63. The van der Waals surface area contributed by atoms with Crippen LogP contribution in [0.15, 0.2) is 18.2 Å². The van der Waals surface area contributed by atoms with Gasteiger partial charge < -0.3 is 11.1 Å². The van der Waals surface area contributed by atoms with Crippen molar-refractivity contribution in [2.24, 2.45) is 5.41 Å². The zero-order valence-electron chi connectivity index (χ0n) is 11.4. The number of nitrogen functional groups attached to an aromatic ring is 1. The summed E-state index contributed by atoms with van der Waals surface area (Å²) in [5.74, 6) is -0.521. The number of hydrogen-bond acceptors (Lipinski definition) is 3. The van der Waals surface area contributed by atoms with E-state index in [-0.39, 0.29) is 17.0 Å². The first-order valence-electron chi connectivity index (χ1n) is 6.43. The molecule has 0 atom stereocenters. The monoisotopic (exact) mass is 265 g/mol. The van der Waals surface area contributed by atoms with Crippen LogP contribution in [-0.4, -0.2) is 30.4 Å². The maximum atomic E-state index is 12.9. The smallest absolute Gasteiger partial charge is 0.238 e. The highest BCUT2D eigenvalue weighted by Gasteiger charge is 2.29. The van der Waals surface area contributed by atoms with Gasteiger partial charge in [0.25, 0.3) is 0 Å². The first kappa shape index (κ1) is 13.8. The Labute approximate surface area is 112 Å². The predicted molar refractivity (Wildman–Crippen MR) is 74.3 cm³/mol. The number of rotatable bonds is 3. The van der Waals surface area contributed by atoms with E-state index in [4.69, 9.17) is 5.73 Å². The van der Waals surface area contributed by atoms with Gasteiger partial charge in [-0.1, -0.05) is 13.8 Å². The number of nitrogens with two attached hydrogens (primary N) is 1. The van der Waals surface area contributed by atoms with Crippen LogP contribution in [0.2, 0.25) is 0 Å². The molecule has 0 bridgehead atoms. The first-order valence-corrected chi connectivity index (χ1v) is 6.43. The zero-order valence-corrected chi connectivity index (χ0v) is 11.4. The average molecular weight is 265 g/mol. The Morgan fingerprint density at radius 1 is 1.53 bits per heavy atom. The van der Waals surface area contributed by atoms with Crippen molar-refractivity contribution < 1.29 is 9.18 Å². The lowest BCUT2D eigenvalue weighted by atomic mass is 9.93. The minimum atomic E-state index is -0.406. The van der Waals surface area contributed by atoms with E-state index in [9.17, 15) is 9.18 Å². The van der Waals surface area contributed by atoms with E-state index < -0.39 is 5.82 Å². The van der Waals surface area contributed by atoms with Crippen molar-refractivity contribution in [2.75, 3.05) is 30.7 Å². The maximum absolute atomic E-state index is 12.9. The second-order valence-electron chi connectivity index (χ2n) is 5.90. The molecule has 1 saturated heterocycles. The van der Waals surface area contributed by atoms with Crippen LogP contribution in [0.1, 0.15) is 20.3 Å². The van der Waals surface area contributed by atoms with Crippen LogP contribution < -0.4 is 11.1 Å². The van der Waals surface area contributed by atoms with E-state index >= 15 is 0 Å². The molecule has 1 aromatic carbocycles. The largest absolute Gasteiger partial charge is 0.397 e. The Balaban J connectivity index is 1.91. The number of amides is 1. The predicted octanol–water partition coefficient (Wildman–Crippen LogP) is 2.08. The molecular formula is C14H20FN3O. The summed E-state index contributed by atoms with van der Waals surface area (Å²) in [5, 5.41) is 2.72. The summed E-state index contributed by atoms with van der Waals surface area (Å²) < 4.78 is 12.9. The molecule has 0 aliphatic carbocycles. The molecule has 1 aromatic rings. The molecule has 0 unspecified atom stereocenters. The highest BCUT2D eigenvalue weighted by Crippen LogP contribution is 2.28. The molecule has 104 valence electrons. The van der Waals surface area contributed by atoms with E-state index in [1.807, 2.05) is 0 Å². The fraction of sp³-hybridized carbons (Fsp3) is 0.500. The number of benzene rings is 1. The third kappa shape index (κ3) is 3.67. The van der Waals surface area contributed by atoms with E-state index in [0.29, 0.717) is 12.2 Å². The average Bonchev–Trinajstić information content (AvgIpc) is 2.62. The van der Waals surface area contributed by atoms with Crippen LogP contribution in [0.25, 0.3) is 0 Å². The fourth-order valence-electron chi connectivity index (χ4n) is 2.40. The van der Waals surface area contributed by atoms with Gasteiger partial charge in [-0.3, -0.25) is 9.69 Å². The topological polar surface area (TPSA) is 58.4 Å². The van der Waals surface area contributed by atoms with Gasteiger partial charge in [-0.15, -0.1) is 0 Å². The Morgan fingerprint density at radius 2 is 2.26 bits per heavy atom. The lowest BCUT2D eigenvalue weighted by Crippen LogP contribution is -2.32. The zero-order chi connectivity index (χ0) is 14.0. The van der Waals surface area contributed by atoms with Gasteiger partial charge in [-0.2, -0.15) is 0 Å². The number of nitrogens with one attached hydrogen (secondary N) is 1. The van der Waals surface area contributed by atoms with Gasteiger partial charge in [-0.25, -0.2) is 4.39 Å². The standard InChI is InChI=1S/C14H20FN3O/c1-14(2)5-6-18(9-14)8-13(19)17-12-4-3-10(15)7-11(12)16/h3-4,7H,5-6,8-9,16H2,1-2H3,(H,17,19). The molecule has 1 heterocycles. The molecule has 0 saturated carbocycles. The highest BCUT2D eigenvalue weighted by molar-refractivity contribution is 5.95. The van der Waals surface area contributed by atoms with Crippen molar-refractivity contribution in [3.05, 3.63) is 24.0 Å². The van der Waals surface area contributed by atoms with E-state index in [1.54, 1.807) is 0 Å². The van der Waals surface area contributed by atoms with Crippen molar-refractivity contribution in [1.29, 1.82) is 0 Å². The van der Waals surface area contributed by atoms with Gasteiger partial charge in [-0.05, 0) is 36.6 Å². The van der Waals surface area contributed by atoms with E-state index in [2.05, 4.69) is 24.1 Å². The van der Waals surface area contributed by atoms with Gasteiger partial charge >= 0.3 is 0 Å². The molecule has 1 aliphatic heterocycles. The Hall–Kier alpha value is -1.62. The van der Waals surface area contributed by atoms with Crippen molar-refractivity contribution in [3.63, 3.8) is 0 Å². The minimum absolute atomic E-state index is 0.115. The second kappa shape index (κ2) is 5.17. The normalized spacial score (nSPS) is 18.5. The summed E-state index contributed by atoms with van der Waals surface area (Å²) >= 11 is 0. The third-order valence-corrected chi connectivity index (χ3v) is 3.41. The minimum Gasteiger partial charge on any atom is -0.397 e. The number of carbonyl (C=O) groups is 1. The Morgan fingerprint density at radius 3 is 2.84 bits per heavy atom. The van der Waals surface area contributed by atoms with Crippen molar-refractivity contribution in [2.45, 2.75) is 20.3 Å². The van der Waals surface area contributed by atoms with Crippen LogP contribution in [0.4, 0.5) is 15.8 Å². The molecule has 0 radical (unpaired) electrons. The summed E-state index contributed by atoms with van der Waals surface area (Å²) in [6.45, 7) is 6.59. The molecule has 3 N–H and O–H groups in total. The van der Waals surface area contributed by atoms with Gasteiger partial charge in [0.1, 0.15) is 5.82 Å². The van der Waals surface area contributed by atoms with Crippen molar-refractivity contribution >= 4 is 17.3 Å². The molecule has 2 rings (SSSR count). The SMILES string of the molecule is CC1(C)CCN(CC(=O)Nc2ccc(F)cc2N)C1. The lowest BCUT2D eigenvalue weighted by Gasteiger charge is -2.19. The molecule has 19 heavy (non-hydrogen) atoms. The van der Waals surface area contributed by atoms with Crippen LogP contribution >= 0.6 is 0 Å². The molecular weight excluding hydrogens is 245 g/mol. The number of halogens is 1. The summed E-state index contributed by atoms with van der Waals surface area (Å²) in [4.78, 5) is 14.0. The van der Waals surface area contributed by atoms with Crippen molar-refractivity contribution in [3.8, 4) is 0 Å². The number of carbonyl (C=O) groups excluding carboxylic acids is 1. The Bertz CT molecular complexity index is 488. The Kier molecular flexibility index (Phi) is 3.75. The molecule has 1 fully saturated rings. The van der Waals surface area contributed by atoms with Gasteiger partial charge in [0.2, 0.25) is 5.91 Å². The molecule has 4 nitrogen and oxygen atoms in total. The van der Waals surface area contributed by atoms with E-state index in [0.717, 1.165) is 19.5 Å². The highest BCUT2D eigenvalue weighted by atomic mass is 19.1. The molecule has 0 spiro atoms. The van der Waals surface area contributed by atoms with Crippen LogP contribution in [0, 0.1) is 11.2 Å². The van der Waals surface area contributed by atoms with E-state index in [1.165, 1.54) is 18.2 Å². The van der Waals surface area contributed by atoms with Gasteiger partial charge in [0.05, 0.1) is 17.9 Å². The molecule has 5 heteroatoms. The molecule has 1 aliphatic rings. The number of anilines is 2. The van der Waals surface area contributed by atoms with Crippen LogP contribution in [0.3, 0.4) is 0 Å². The number of hydrogen-bond donors (Lipinski definition) is 2. The van der Waals surface area contributed by atoms with Crippen LogP contribution in [-0.2, 0) is 4.79 Å². The summed E-state index contributed by atoms with van der Waals surface area (Å²) in [6, 6.07) is 3.97. The van der Waals surface area contributed by atoms with Crippen LogP contribution in [0.5, 0.6) is 0 Å². The second-order valence-corrected chi connectivity index (χ2v) is 5.90.